The average Bonchev–Trinajstić information content (AvgIpc) is 2.39. The molecule has 0 spiro atoms. The van der Waals surface area contributed by atoms with E-state index in [-0.39, 0.29) is 0 Å². The zero-order valence-electron chi connectivity index (χ0n) is 12.1. The van der Waals surface area contributed by atoms with E-state index in [1.807, 2.05) is 13.8 Å². The molecule has 0 aliphatic rings. The van der Waals surface area contributed by atoms with Crippen LogP contribution in [-0.2, 0) is 0 Å². The van der Waals surface area contributed by atoms with E-state index in [0.717, 1.165) is 11.4 Å². The molecular weight excluding hydrogens is 256 g/mol. The van der Waals surface area contributed by atoms with Gasteiger partial charge >= 0.3 is 0 Å². The average molecular weight is 276 g/mol. The van der Waals surface area contributed by atoms with E-state index in [1.165, 1.54) is 0 Å². The maximum atomic E-state index is 9.02. The number of hydrogen-bond donors (Lipinski definition) is 2. The second-order valence-corrected chi connectivity index (χ2v) is 4.46. The van der Waals surface area contributed by atoms with Gasteiger partial charge in [0.25, 0.3) is 0 Å². The van der Waals surface area contributed by atoms with Gasteiger partial charge in [0, 0.05) is 23.8 Å². The van der Waals surface area contributed by atoms with Crippen LogP contribution in [0, 0.1) is 13.8 Å². The summed E-state index contributed by atoms with van der Waals surface area (Å²) in [5.74, 6) is 0.972. The Hall–Kier alpha value is -1.92. The second-order valence-electron chi connectivity index (χ2n) is 4.46. The molecule has 0 bridgehead atoms. The monoisotopic (exact) mass is 276 g/mol. The SMILES string of the molecule is Cc1ccnc([C@@H](C)O)n1.Cc1ccnc([C@@H](C)O)n1. The van der Waals surface area contributed by atoms with Crippen LogP contribution in [0.2, 0.25) is 0 Å². The molecule has 0 radical (unpaired) electrons. The van der Waals surface area contributed by atoms with Gasteiger partial charge in [-0.15, -0.1) is 0 Å². The molecule has 0 saturated carbocycles. The Morgan fingerprint density at radius 1 is 0.800 bits per heavy atom. The van der Waals surface area contributed by atoms with Crippen molar-refractivity contribution in [3.05, 3.63) is 47.6 Å². The Labute approximate surface area is 118 Å². The summed E-state index contributed by atoms with van der Waals surface area (Å²) in [4.78, 5) is 15.8. The number of aryl methyl sites for hydroxylation is 2. The van der Waals surface area contributed by atoms with Crippen molar-refractivity contribution in [1.82, 2.24) is 19.9 Å². The van der Waals surface area contributed by atoms with Gasteiger partial charge in [0.2, 0.25) is 0 Å². The van der Waals surface area contributed by atoms with Crippen molar-refractivity contribution in [3.8, 4) is 0 Å². The maximum absolute atomic E-state index is 9.02. The van der Waals surface area contributed by atoms with Crippen LogP contribution in [0.5, 0.6) is 0 Å². The zero-order valence-corrected chi connectivity index (χ0v) is 12.1. The Morgan fingerprint density at radius 2 is 1.15 bits per heavy atom. The van der Waals surface area contributed by atoms with E-state index in [4.69, 9.17) is 10.2 Å². The predicted octanol–water partition coefficient (Wildman–Crippen LogP) is 1.68. The molecule has 20 heavy (non-hydrogen) atoms. The lowest BCUT2D eigenvalue weighted by atomic mass is 10.3. The van der Waals surface area contributed by atoms with E-state index in [2.05, 4.69) is 19.9 Å². The lowest BCUT2D eigenvalue weighted by molar-refractivity contribution is 0.188. The summed E-state index contributed by atoms with van der Waals surface area (Å²) in [5.41, 5.74) is 1.76. The number of hydrogen-bond acceptors (Lipinski definition) is 6. The number of aliphatic hydroxyl groups is 2. The highest BCUT2D eigenvalue weighted by molar-refractivity contribution is 5.01. The van der Waals surface area contributed by atoms with Crippen LogP contribution in [0.15, 0.2) is 24.5 Å². The largest absolute Gasteiger partial charge is 0.385 e. The third-order valence-corrected chi connectivity index (χ3v) is 2.37. The normalized spacial score (nSPS) is 13.1. The molecule has 0 saturated heterocycles. The first-order valence-corrected chi connectivity index (χ1v) is 6.35. The van der Waals surface area contributed by atoms with E-state index in [0.29, 0.717) is 11.6 Å². The van der Waals surface area contributed by atoms with Crippen LogP contribution in [0.3, 0.4) is 0 Å². The Kier molecular flexibility index (Phi) is 6.14. The molecule has 0 aliphatic carbocycles. The number of rotatable bonds is 2. The summed E-state index contributed by atoms with van der Waals surface area (Å²) in [6.45, 7) is 7.03. The highest BCUT2D eigenvalue weighted by Crippen LogP contribution is 2.04. The van der Waals surface area contributed by atoms with Gasteiger partial charge in [-0.25, -0.2) is 19.9 Å². The van der Waals surface area contributed by atoms with E-state index < -0.39 is 12.2 Å². The fourth-order valence-electron chi connectivity index (χ4n) is 1.34. The van der Waals surface area contributed by atoms with Crippen molar-refractivity contribution in [2.24, 2.45) is 0 Å². The number of nitrogens with zero attached hydrogens (tertiary/aromatic N) is 4. The minimum atomic E-state index is -0.570. The van der Waals surface area contributed by atoms with E-state index in [9.17, 15) is 0 Å². The van der Waals surface area contributed by atoms with Crippen LogP contribution in [0.25, 0.3) is 0 Å². The van der Waals surface area contributed by atoms with Gasteiger partial charge in [-0.1, -0.05) is 0 Å². The van der Waals surface area contributed by atoms with Gasteiger partial charge < -0.3 is 10.2 Å². The molecule has 0 unspecified atom stereocenters. The van der Waals surface area contributed by atoms with Gasteiger partial charge in [0.05, 0.1) is 0 Å². The molecule has 2 heterocycles. The third kappa shape index (κ3) is 5.38. The second kappa shape index (κ2) is 7.62. The molecule has 108 valence electrons. The summed E-state index contributed by atoms with van der Waals surface area (Å²) in [7, 11) is 0. The predicted molar refractivity (Wildman–Crippen MR) is 74.8 cm³/mol. The first-order chi connectivity index (χ1) is 9.40. The van der Waals surface area contributed by atoms with Gasteiger partial charge in [-0.2, -0.15) is 0 Å². The number of aliphatic hydroxyl groups excluding tert-OH is 2. The summed E-state index contributed by atoms with van der Waals surface area (Å²) < 4.78 is 0. The van der Waals surface area contributed by atoms with Crippen molar-refractivity contribution in [1.29, 1.82) is 0 Å². The molecule has 0 aromatic carbocycles. The van der Waals surface area contributed by atoms with Crippen LogP contribution in [0.1, 0.15) is 49.1 Å². The maximum Gasteiger partial charge on any atom is 0.156 e. The molecule has 2 N–H and O–H groups in total. The fraction of sp³-hybridized carbons (Fsp3) is 0.429. The van der Waals surface area contributed by atoms with Crippen LogP contribution < -0.4 is 0 Å². The third-order valence-electron chi connectivity index (χ3n) is 2.37. The van der Waals surface area contributed by atoms with Crippen molar-refractivity contribution in [2.75, 3.05) is 0 Å². The van der Waals surface area contributed by atoms with Crippen LogP contribution in [0.4, 0.5) is 0 Å². The van der Waals surface area contributed by atoms with Gasteiger partial charge in [0.1, 0.15) is 12.2 Å². The van der Waals surface area contributed by atoms with Gasteiger partial charge in [-0.05, 0) is 39.8 Å². The van der Waals surface area contributed by atoms with E-state index in [1.54, 1.807) is 38.4 Å². The zero-order chi connectivity index (χ0) is 15.1. The lowest BCUT2D eigenvalue weighted by Crippen LogP contribution is -1.99. The summed E-state index contributed by atoms with van der Waals surface area (Å²) in [6, 6.07) is 3.60. The smallest absolute Gasteiger partial charge is 0.156 e. The fourth-order valence-corrected chi connectivity index (χ4v) is 1.34. The first-order valence-electron chi connectivity index (χ1n) is 6.35. The Bertz CT molecular complexity index is 495. The van der Waals surface area contributed by atoms with Crippen molar-refractivity contribution in [3.63, 3.8) is 0 Å². The number of aromatic nitrogens is 4. The standard InChI is InChI=1S/2C7H10N2O/c2*1-5-3-4-8-7(9-5)6(2)10/h2*3-4,6,10H,1-2H3/t2*6-/m11/s1. The summed E-state index contributed by atoms with van der Waals surface area (Å²) in [6.07, 6.45) is 2.15. The molecule has 0 amide bonds. The minimum Gasteiger partial charge on any atom is -0.385 e. The van der Waals surface area contributed by atoms with Gasteiger partial charge in [0.15, 0.2) is 11.6 Å². The van der Waals surface area contributed by atoms with Crippen LogP contribution >= 0.6 is 0 Å². The topological polar surface area (TPSA) is 92.0 Å². The Balaban J connectivity index is 0.000000200. The highest BCUT2D eigenvalue weighted by Gasteiger charge is 2.02. The summed E-state index contributed by atoms with van der Waals surface area (Å²) in [5, 5.41) is 18.0. The quantitative estimate of drug-likeness (QED) is 0.867. The molecule has 2 aromatic rings. The molecule has 0 fully saturated rings. The Morgan fingerprint density at radius 3 is 1.35 bits per heavy atom. The highest BCUT2D eigenvalue weighted by atomic mass is 16.3. The molecule has 0 aliphatic heterocycles. The summed E-state index contributed by atoms with van der Waals surface area (Å²) >= 11 is 0. The minimum absolute atomic E-state index is 0.486. The molecular formula is C14H20N4O2. The molecule has 2 atom stereocenters. The van der Waals surface area contributed by atoms with E-state index >= 15 is 0 Å². The lowest BCUT2D eigenvalue weighted by Gasteiger charge is -2.01. The van der Waals surface area contributed by atoms with Crippen LogP contribution in [-0.4, -0.2) is 30.1 Å². The molecule has 6 heteroatoms. The van der Waals surface area contributed by atoms with Crippen molar-refractivity contribution >= 4 is 0 Å². The van der Waals surface area contributed by atoms with Crippen molar-refractivity contribution < 1.29 is 10.2 Å². The van der Waals surface area contributed by atoms with Crippen molar-refractivity contribution in [2.45, 2.75) is 39.9 Å². The molecule has 2 rings (SSSR count). The molecule has 6 nitrogen and oxygen atoms in total. The molecule has 2 aromatic heterocycles. The van der Waals surface area contributed by atoms with Gasteiger partial charge in [-0.3, -0.25) is 0 Å². The first kappa shape index (κ1) is 16.1.